The zero-order valence-electron chi connectivity index (χ0n) is 11.1. The highest BCUT2D eigenvalue weighted by atomic mass is 35.5. The second-order valence-electron chi connectivity index (χ2n) is 4.20. The van der Waals surface area contributed by atoms with E-state index in [4.69, 9.17) is 17.3 Å². The number of aromatic hydroxyl groups is 1. The normalized spacial score (nSPS) is 9.62. The molecule has 0 spiro atoms. The number of hydrogen-bond donors (Lipinski definition) is 3. The van der Waals surface area contributed by atoms with E-state index in [0.29, 0.717) is 17.3 Å². The average molecular weight is 301 g/mol. The minimum atomic E-state index is -0.434. The Hall–Kier alpha value is -2.48. The van der Waals surface area contributed by atoms with Crippen molar-refractivity contribution in [2.45, 2.75) is 0 Å². The van der Waals surface area contributed by atoms with E-state index in [2.05, 4.69) is 17.2 Å². The number of halogens is 1. The van der Waals surface area contributed by atoms with Crippen molar-refractivity contribution in [3.63, 3.8) is 0 Å². The van der Waals surface area contributed by atoms with Gasteiger partial charge in [0.15, 0.2) is 0 Å². The quantitative estimate of drug-likeness (QED) is 0.746. The van der Waals surface area contributed by atoms with Crippen molar-refractivity contribution >= 4 is 23.2 Å². The number of phenolic OH excluding ortho intramolecular Hbond substituents is 1. The molecule has 106 valence electrons. The maximum absolute atomic E-state index is 12.1. The van der Waals surface area contributed by atoms with Gasteiger partial charge in [-0.05, 0) is 42.5 Å². The summed E-state index contributed by atoms with van der Waals surface area (Å²) in [6, 6.07) is 11.3. The summed E-state index contributed by atoms with van der Waals surface area (Å²) in [5.74, 6) is 5.08. The molecule has 0 fully saturated rings. The lowest BCUT2D eigenvalue weighted by Crippen LogP contribution is -2.12. The molecule has 2 aromatic rings. The van der Waals surface area contributed by atoms with Crippen LogP contribution in [0.2, 0.25) is 5.02 Å². The molecular formula is C16H13ClN2O2. The van der Waals surface area contributed by atoms with Crippen molar-refractivity contribution in [2.75, 3.05) is 11.9 Å². The average Bonchev–Trinajstić information content (AvgIpc) is 2.49. The topological polar surface area (TPSA) is 75.3 Å². The monoisotopic (exact) mass is 300 g/mol. The fraction of sp³-hybridized carbons (Fsp3) is 0.0625. The predicted molar refractivity (Wildman–Crippen MR) is 83.4 cm³/mol. The molecule has 0 atom stereocenters. The smallest absolute Gasteiger partial charge is 0.259 e. The largest absolute Gasteiger partial charge is 0.507 e. The van der Waals surface area contributed by atoms with Gasteiger partial charge in [-0.25, -0.2) is 0 Å². The number of carbonyl (C=O) groups is 1. The first-order valence-corrected chi connectivity index (χ1v) is 6.57. The number of anilines is 1. The number of carbonyl (C=O) groups excluding carboxylic acids is 1. The van der Waals surface area contributed by atoms with Gasteiger partial charge in [-0.15, -0.1) is 0 Å². The summed E-state index contributed by atoms with van der Waals surface area (Å²) < 4.78 is 0. The second kappa shape index (κ2) is 6.80. The summed E-state index contributed by atoms with van der Waals surface area (Å²) in [6.07, 6.45) is 0. The first-order valence-electron chi connectivity index (χ1n) is 6.19. The molecule has 0 aliphatic carbocycles. The molecule has 0 saturated carbocycles. The van der Waals surface area contributed by atoms with Crippen molar-refractivity contribution in [1.82, 2.24) is 0 Å². The van der Waals surface area contributed by atoms with Crippen LogP contribution in [0.4, 0.5) is 5.69 Å². The highest BCUT2D eigenvalue weighted by molar-refractivity contribution is 6.31. The van der Waals surface area contributed by atoms with Crippen LogP contribution < -0.4 is 11.1 Å². The third-order valence-electron chi connectivity index (χ3n) is 2.68. The Bertz CT molecular complexity index is 715. The van der Waals surface area contributed by atoms with Crippen LogP contribution in [0.25, 0.3) is 0 Å². The van der Waals surface area contributed by atoms with Crippen LogP contribution in [-0.4, -0.2) is 17.6 Å². The number of nitrogens with two attached hydrogens (primary N) is 1. The van der Waals surface area contributed by atoms with Crippen molar-refractivity contribution in [1.29, 1.82) is 0 Å². The first kappa shape index (κ1) is 14.9. The summed E-state index contributed by atoms with van der Waals surface area (Å²) in [7, 11) is 0. The molecule has 0 heterocycles. The van der Waals surface area contributed by atoms with Gasteiger partial charge in [-0.3, -0.25) is 4.79 Å². The van der Waals surface area contributed by atoms with E-state index in [1.165, 1.54) is 18.2 Å². The number of phenols is 1. The molecule has 0 unspecified atom stereocenters. The summed E-state index contributed by atoms with van der Waals surface area (Å²) in [5.41, 5.74) is 6.82. The Balaban J connectivity index is 2.14. The predicted octanol–water partition coefficient (Wildman–Crippen LogP) is 2.61. The van der Waals surface area contributed by atoms with Crippen LogP contribution in [-0.2, 0) is 0 Å². The van der Waals surface area contributed by atoms with Crippen LogP contribution in [0.1, 0.15) is 15.9 Å². The Morgan fingerprint density at radius 3 is 2.62 bits per heavy atom. The minimum absolute atomic E-state index is 0.120. The Kier molecular flexibility index (Phi) is 4.83. The summed E-state index contributed by atoms with van der Waals surface area (Å²) >= 11 is 5.82. The molecular weight excluding hydrogens is 288 g/mol. The number of hydrogen-bond acceptors (Lipinski definition) is 3. The number of rotatable bonds is 2. The Morgan fingerprint density at radius 1 is 1.24 bits per heavy atom. The van der Waals surface area contributed by atoms with Gasteiger partial charge in [-0.2, -0.15) is 0 Å². The lowest BCUT2D eigenvalue weighted by atomic mass is 10.1. The van der Waals surface area contributed by atoms with Crippen LogP contribution in [0.5, 0.6) is 5.75 Å². The van der Waals surface area contributed by atoms with E-state index in [-0.39, 0.29) is 11.3 Å². The standard InChI is InChI=1S/C16H13ClN2O2/c17-12-5-8-15(20)14(10-12)16(21)19-13-6-3-11(4-7-13)2-1-9-18/h3-8,10,20H,9,18H2,(H,19,21). The molecule has 4 N–H and O–H groups in total. The zero-order chi connectivity index (χ0) is 15.2. The third-order valence-corrected chi connectivity index (χ3v) is 2.92. The van der Waals surface area contributed by atoms with Crippen molar-refractivity contribution in [3.05, 3.63) is 58.6 Å². The molecule has 0 saturated heterocycles. The molecule has 21 heavy (non-hydrogen) atoms. The summed E-state index contributed by atoms with van der Waals surface area (Å²) in [4.78, 5) is 12.1. The van der Waals surface area contributed by atoms with Gasteiger partial charge >= 0.3 is 0 Å². The van der Waals surface area contributed by atoms with E-state index in [1.807, 2.05) is 0 Å². The SMILES string of the molecule is NCC#Cc1ccc(NC(=O)c2cc(Cl)ccc2O)cc1. The molecule has 2 aromatic carbocycles. The summed E-state index contributed by atoms with van der Waals surface area (Å²) in [6.45, 7) is 0.298. The highest BCUT2D eigenvalue weighted by Gasteiger charge is 2.11. The van der Waals surface area contributed by atoms with Crippen LogP contribution in [0.15, 0.2) is 42.5 Å². The molecule has 0 aromatic heterocycles. The zero-order valence-corrected chi connectivity index (χ0v) is 11.8. The minimum Gasteiger partial charge on any atom is -0.507 e. The van der Waals surface area contributed by atoms with Crippen molar-refractivity contribution in [2.24, 2.45) is 5.73 Å². The van der Waals surface area contributed by atoms with E-state index in [9.17, 15) is 9.90 Å². The van der Waals surface area contributed by atoms with Crippen molar-refractivity contribution in [3.8, 4) is 17.6 Å². The van der Waals surface area contributed by atoms with Crippen LogP contribution in [0, 0.1) is 11.8 Å². The fourth-order valence-electron chi connectivity index (χ4n) is 1.68. The lowest BCUT2D eigenvalue weighted by molar-refractivity contribution is 0.102. The maximum atomic E-state index is 12.1. The van der Waals surface area contributed by atoms with Crippen LogP contribution in [0.3, 0.4) is 0 Å². The van der Waals surface area contributed by atoms with Crippen molar-refractivity contribution < 1.29 is 9.90 Å². The molecule has 4 nitrogen and oxygen atoms in total. The summed E-state index contributed by atoms with van der Waals surface area (Å²) in [5, 5.41) is 12.7. The molecule has 0 aliphatic rings. The maximum Gasteiger partial charge on any atom is 0.259 e. The Labute approximate surface area is 127 Å². The van der Waals surface area contributed by atoms with Gasteiger partial charge in [0.05, 0.1) is 12.1 Å². The van der Waals surface area contributed by atoms with Gasteiger partial charge in [0.2, 0.25) is 0 Å². The van der Waals surface area contributed by atoms with Gasteiger partial charge in [0, 0.05) is 16.3 Å². The molecule has 0 radical (unpaired) electrons. The number of amides is 1. The third kappa shape index (κ3) is 3.99. The first-order chi connectivity index (χ1) is 10.1. The van der Waals surface area contributed by atoms with Gasteiger partial charge in [-0.1, -0.05) is 23.4 Å². The number of benzene rings is 2. The molecule has 5 heteroatoms. The van der Waals surface area contributed by atoms with E-state index >= 15 is 0 Å². The molecule has 0 aliphatic heterocycles. The molecule has 1 amide bonds. The van der Waals surface area contributed by atoms with Gasteiger partial charge < -0.3 is 16.2 Å². The van der Waals surface area contributed by atoms with E-state index < -0.39 is 5.91 Å². The number of nitrogens with one attached hydrogen (secondary N) is 1. The van der Waals surface area contributed by atoms with Crippen LogP contribution >= 0.6 is 11.6 Å². The fourth-order valence-corrected chi connectivity index (χ4v) is 1.85. The molecule has 2 rings (SSSR count). The lowest BCUT2D eigenvalue weighted by Gasteiger charge is -2.07. The second-order valence-corrected chi connectivity index (χ2v) is 4.64. The van der Waals surface area contributed by atoms with E-state index in [1.54, 1.807) is 24.3 Å². The highest BCUT2D eigenvalue weighted by Crippen LogP contribution is 2.22. The van der Waals surface area contributed by atoms with Gasteiger partial charge in [0.25, 0.3) is 5.91 Å². The Morgan fingerprint density at radius 2 is 1.95 bits per heavy atom. The molecule has 0 bridgehead atoms. The van der Waals surface area contributed by atoms with Gasteiger partial charge in [0.1, 0.15) is 5.75 Å². The van der Waals surface area contributed by atoms with E-state index in [0.717, 1.165) is 5.56 Å².